The highest BCUT2D eigenvalue weighted by Gasteiger charge is 2.64. The van der Waals surface area contributed by atoms with E-state index >= 15 is 0 Å². The number of anilines is 2. The largest absolute Gasteiger partial charge is 0.509 e. The molecule has 1 aromatic heterocycles. The highest BCUT2D eigenvalue weighted by atomic mass is 35.5. The van der Waals surface area contributed by atoms with E-state index in [4.69, 9.17) is 38.0 Å². The highest BCUT2D eigenvalue weighted by molar-refractivity contribution is 7.80. The Labute approximate surface area is 408 Å². The summed E-state index contributed by atoms with van der Waals surface area (Å²) in [6, 6.07) is 6.25. The summed E-state index contributed by atoms with van der Waals surface area (Å²) < 4.78 is 54.1. The maximum absolute atomic E-state index is 12.8. The van der Waals surface area contributed by atoms with Crippen molar-refractivity contribution in [1.82, 2.24) is 9.88 Å². The Bertz CT molecular complexity index is 2230. The van der Waals surface area contributed by atoms with Gasteiger partial charge in [-0.3, -0.25) is 14.4 Å². The molecule has 68 heavy (non-hydrogen) atoms. The molecule has 11 atom stereocenters. The Hall–Kier alpha value is -4.03. The number of hydrogen-bond donors (Lipinski definition) is 4. The maximum atomic E-state index is 12.8. The van der Waals surface area contributed by atoms with Gasteiger partial charge in [-0.1, -0.05) is 32.4 Å². The smallest absolute Gasteiger partial charge is 0.417 e. The molecular formula is C50H68ClF3N4O9S. The predicted octanol–water partition coefficient (Wildman–Crippen LogP) is 8.87. The molecule has 0 amide bonds. The fourth-order valence-corrected chi connectivity index (χ4v) is 13.5. The monoisotopic (exact) mass is 992 g/mol. The molecule has 2 aromatic rings. The number of Topliss-reactive ketones (excluding diaryl/α,β-unsaturated/α-hetero) is 2. The zero-order valence-corrected chi connectivity index (χ0v) is 41.9. The van der Waals surface area contributed by atoms with Crippen molar-refractivity contribution in [2.45, 2.75) is 116 Å². The number of pyridine rings is 1. The molecular weight excluding hydrogens is 925 g/mol. The number of allylic oxidation sites excluding steroid dienone is 1. The van der Waals surface area contributed by atoms with Crippen LogP contribution >= 0.6 is 23.8 Å². The Kier molecular flexibility index (Phi) is 16.6. The van der Waals surface area contributed by atoms with E-state index < -0.39 is 17.3 Å². The van der Waals surface area contributed by atoms with Crippen molar-refractivity contribution in [3.05, 3.63) is 52.9 Å². The summed E-state index contributed by atoms with van der Waals surface area (Å²) in [4.78, 5) is 42.5. The first-order valence-corrected chi connectivity index (χ1v) is 24.4. The molecule has 5 fully saturated rings. The first-order valence-electron chi connectivity index (χ1n) is 23.6. The minimum atomic E-state index is -4.48. The second-order valence-electron chi connectivity index (χ2n) is 20.0. The van der Waals surface area contributed by atoms with E-state index in [-0.39, 0.29) is 69.4 Å². The number of hydrogen-bond acceptors (Lipinski definition) is 12. The Balaban J connectivity index is 0.000000179. The van der Waals surface area contributed by atoms with Gasteiger partial charge in [-0.15, -0.1) is 0 Å². The molecule has 6 aliphatic rings. The van der Waals surface area contributed by atoms with E-state index in [9.17, 15) is 42.9 Å². The van der Waals surface area contributed by atoms with E-state index in [1.165, 1.54) is 26.9 Å². The first-order chi connectivity index (χ1) is 31.9. The van der Waals surface area contributed by atoms with Gasteiger partial charge in [0.15, 0.2) is 22.3 Å². The number of alkyl halides is 3. The number of halogens is 4. The first kappa shape index (κ1) is 53.3. The number of aromatic nitrogens is 1. The fourth-order valence-electron chi connectivity index (χ4n) is 12.9. The van der Waals surface area contributed by atoms with Crippen LogP contribution in [0, 0.1) is 46.3 Å². The number of nitrogens with one attached hydrogen (secondary N) is 1. The van der Waals surface area contributed by atoms with E-state index in [1.54, 1.807) is 46.3 Å². The molecule has 9 unspecified atom stereocenters. The molecule has 13 nitrogen and oxygen atoms in total. The van der Waals surface area contributed by atoms with E-state index in [1.807, 2.05) is 9.80 Å². The predicted molar refractivity (Wildman–Crippen MR) is 257 cm³/mol. The Morgan fingerprint density at radius 1 is 0.956 bits per heavy atom. The molecule has 18 heteroatoms. The molecule has 4 saturated carbocycles. The molecule has 2 heterocycles. The molecule has 4 N–H and O–H groups in total. The summed E-state index contributed by atoms with van der Waals surface area (Å²) in [5, 5.41) is 34.5. The number of fused-ring (bicyclic) bond motifs is 5. The number of carbonyl (C=O) groups excluding carboxylic acids is 3. The zero-order chi connectivity index (χ0) is 50.1. The molecule has 1 saturated heterocycles. The number of aliphatic hydroxyl groups is 3. The van der Waals surface area contributed by atoms with Gasteiger partial charge < -0.3 is 44.6 Å². The fraction of sp³-hybridized carbons (Fsp3) is 0.660. The molecule has 0 radical (unpaired) electrons. The topological polar surface area (TPSA) is 171 Å². The summed E-state index contributed by atoms with van der Waals surface area (Å²) in [5.74, 6) is 3.23. The summed E-state index contributed by atoms with van der Waals surface area (Å²) in [5.41, 5.74) is -1.44. The van der Waals surface area contributed by atoms with Crippen molar-refractivity contribution in [1.29, 1.82) is 0 Å². The number of piperazine rings is 1. The lowest BCUT2D eigenvalue weighted by atomic mass is 9.44. The third-order valence-electron chi connectivity index (χ3n) is 16.6. The highest BCUT2D eigenvalue weighted by Crippen LogP contribution is 2.67. The summed E-state index contributed by atoms with van der Waals surface area (Å²) in [6.45, 7) is 11.5. The second kappa shape index (κ2) is 21.1. The molecule has 376 valence electrons. The van der Waals surface area contributed by atoms with Crippen molar-refractivity contribution in [2.75, 3.05) is 57.7 Å². The normalized spacial score (nSPS) is 33.2. The number of benzene rings is 1. The third kappa shape index (κ3) is 10.4. The van der Waals surface area contributed by atoms with Gasteiger partial charge in [0.2, 0.25) is 0 Å². The number of methoxy groups -OCH3 is 3. The van der Waals surface area contributed by atoms with Gasteiger partial charge in [-0.25, -0.2) is 4.98 Å². The van der Waals surface area contributed by atoms with Crippen molar-refractivity contribution in [3.8, 4) is 11.5 Å². The van der Waals surface area contributed by atoms with Crippen LogP contribution in [0.1, 0.15) is 98.0 Å². The third-order valence-corrected chi connectivity index (χ3v) is 17.3. The van der Waals surface area contributed by atoms with E-state index in [2.05, 4.69) is 24.1 Å². The average Bonchev–Trinajstić information content (AvgIpc) is 3.66. The molecule has 0 bridgehead atoms. The molecule has 8 rings (SSSR count). The van der Waals surface area contributed by atoms with Crippen LogP contribution in [0.15, 0.2) is 42.3 Å². The quantitative estimate of drug-likeness (QED) is 0.194. The standard InChI is InChI=1S/C21H34O3.C19H20ClF3N4O2S.C10H14O4/c1-12(22)16-6-7-17-15-5-4-13-10-14(23)8-9-20(13,2)18(15)11-19(24)21(16,17)3;1-28-13-3-4-16(29-2)15(10-13)25-18(30)27-7-5-26(6-8-27)17-14(20)9-12(11-24-17)19(21,22)23;1-6-4-8(12)5-9(13)10(6,14-3)7(2)11/h13-19,23-24H,4-11H2,1-3H3;3-4,9-11H,5-8H2,1-2H3,(H,25,30);5-6,13H,4H2,1-3H3/t13?,14-,15?,16?,17?,18?,19+,20?,21?;;/m1../s1. The number of nitrogens with zero attached hydrogens (tertiary/aromatic N) is 3. The summed E-state index contributed by atoms with van der Waals surface area (Å²) in [7, 11) is 4.50. The van der Waals surface area contributed by atoms with Gasteiger partial charge >= 0.3 is 6.18 Å². The van der Waals surface area contributed by atoms with Crippen molar-refractivity contribution in [2.24, 2.45) is 46.3 Å². The van der Waals surface area contributed by atoms with Crippen LogP contribution in [0.4, 0.5) is 24.7 Å². The summed E-state index contributed by atoms with van der Waals surface area (Å²) in [6.07, 6.45) is 5.53. The molecule has 5 aliphatic carbocycles. The van der Waals surface area contributed by atoms with Crippen molar-refractivity contribution in [3.63, 3.8) is 0 Å². The minimum absolute atomic E-state index is 0.0277. The Morgan fingerprint density at radius 3 is 2.22 bits per heavy atom. The van der Waals surface area contributed by atoms with Gasteiger partial charge in [0.25, 0.3) is 0 Å². The van der Waals surface area contributed by atoms with Crippen LogP contribution in [-0.4, -0.2) is 113 Å². The lowest BCUT2D eigenvalue weighted by molar-refractivity contribution is -0.173. The number of carbonyl (C=O) groups is 3. The zero-order valence-electron chi connectivity index (χ0n) is 40.3. The van der Waals surface area contributed by atoms with Crippen LogP contribution < -0.4 is 19.7 Å². The molecule has 1 aromatic carbocycles. The van der Waals surface area contributed by atoms with Crippen LogP contribution in [0.2, 0.25) is 5.02 Å². The summed E-state index contributed by atoms with van der Waals surface area (Å²) >= 11 is 11.6. The molecule has 1 aliphatic heterocycles. The van der Waals surface area contributed by atoms with E-state index in [0.717, 1.165) is 56.9 Å². The van der Waals surface area contributed by atoms with Crippen molar-refractivity contribution >= 4 is 57.8 Å². The average molecular weight is 994 g/mol. The van der Waals surface area contributed by atoms with E-state index in [0.29, 0.717) is 78.0 Å². The number of ketones is 3. The van der Waals surface area contributed by atoms with Gasteiger partial charge in [0, 0.05) is 75.3 Å². The van der Waals surface area contributed by atoms with Gasteiger partial charge in [-0.05, 0) is 125 Å². The number of rotatable bonds is 7. The lowest BCUT2D eigenvalue weighted by Crippen LogP contribution is -2.58. The van der Waals surface area contributed by atoms with Crippen LogP contribution in [0.25, 0.3) is 0 Å². The lowest BCUT2D eigenvalue weighted by Gasteiger charge is -2.62. The molecule has 0 spiro atoms. The number of ether oxygens (including phenoxy) is 3. The van der Waals surface area contributed by atoms with Crippen LogP contribution in [0.3, 0.4) is 0 Å². The number of aliphatic hydroxyl groups excluding tert-OH is 3. The van der Waals surface area contributed by atoms with Crippen molar-refractivity contribution < 1.29 is 57.1 Å². The number of thiocarbonyl (C=S) groups is 1. The van der Waals surface area contributed by atoms with Gasteiger partial charge in [-0.2, -0.15) is 13.2 Å². The van der Waals surface area contributed by atoms with Gasteiger partial charge in [0.1, 0.15) is 28.9 Å². The minimum Gasteiger partial charge on any atom is -0.509 e. The van der Waals surface area contributed by atoms with Gasteiger partial charge in [0.05, 0.1) is 42.7 Å². The van der Waals surface area contributed by atoms with Crippen LogP contribution in [0.5, 0.6) is 11.5 Å². The Morgan fingerprint density at radius 2 is 1.65 bits per heavy atom. The van der Waals surface area contributed by atoms with Crippen LogP contribution in [-0.2, 0) is 25.3 Å². The SMILES string of the molecule is CC(=O)C1CCC2C3CCC4C[C@H](O)CCC4(C)C3C[C@H](O)C12C.COC1(C(C)=O)C(O)=CC(=O)CC1C.COc1ccc(OC)c(NC(=S)N2CCN(c3ncc(C(F)(F)F)cc3Cl)CC2)c1. The second-order valence-corrected chi connectivity index (χ2v) is 20.8. The maximum Gasteiger partial charge on any atom is 0.417 e.